The number of halogens is 1. The molecule has 2 aliphatic heterocycles. The number of dihydropyridines is 1. The molecule has 0 bridgehead atoms. The van der Waals surface area contributed by atoms with E-state index in [0.717, 1.165) is 5.56 Å². The Morgan fingerprint density at radius 3 is 2.95 bits per heavy atom. The third-order valence-electron chi connectivity index (χ3n) is 3.21. The molecule has 6 heteroatoms. The molecule has 5 nitrogen and oxygen atoms in total. The topological polar surface area (TPSA) is 61.4 Å². The molecule has 0 spiro atoms. The minimum absolute atomic E-state index is 0.263. The van der Waals surface area contributed by atoms with Gasteiger partial charge in [-0.1, -0.05) is 12.1 Å². The summed E-state index contributed by atoms with van der Waals surface area (Å²) in [6.07, 6.45) is 3.62. The molecule has 0 atom stereocenters. The van der Waals surface area contributed by atoms with E-state index in [-0.39, 0.29) is 5.91 Å². The van der Waals surface area contributed by atoms with Crippen molar-refractivity contribution in [1.82, 2.24) is 10.6 Å². The van der Waals surface area contributed by atoms with Gasteiger partial charge in [0.05, 0.1) is 16.9 Å². The predicted octanol–water partition coefficient (Wildman–Crippen LogP) is 2.23. The Kier molecular flexibility index (Phi) is 2.99. The van der Waals surface area contributed by atoms with E-state index in [1.54, 1.807) is 18.2 Å². The van der Waals surface area contributed by atoms with Gasteiger partial charge in [0, 0.05) is 6.54 Å². The highest BCUT2D eigenvalue weighted by Gasteiger charge is 2.30. The van der Waals surface area contributed by atoms with E-state index < -0.39 is 5.37 Å². The van der Waals surface area contributed by atoms with Crippen molar-refractivity contribution in [2.75, 3.05) is 11.4 Å². The van der Waals surface area contributed by atoms with Gasteiger partial charge in [-0.25, -0.2) is 0 Å². The lowest BCUT2D eigenvalue weighted by molar-refractivity contribution is 0.0968. The van der Waals surface area contributed by atoms with Gasteiger partial charge in [0.1, 0.15) is 5.82 Å². The summed E-state index contributed by atoms with van der Waals surface area (Å²) < 4.78 is 0. The molecular weight excluding hydrogens is 278 g/mol. The smallest absolute Gasteiger partial charge is 0.326 e. The Bertz CT molecular complexity index is 679. The van der Waals surface area contributed by atoms with Crippen LogP contribution in [0.1, 0.15) is 15.9 Å². The number of benzene rings is 1. The minimum atomic E-state index is -0.663. The van der Waals surface area contributed by atoms with Crippen molar-refractivity contribution in [3.8, 4) is 0 Å². The maximum atomic E-state index is 12.3. The second-order valence-corrected chi connectivity index (χ2v) is 4.93. The van der Waals surface area contributed by atoms with Gasteiger partial charge in [-0.3, -0.25) is 14.5 Å². The van der Waals surface area contributed by atoms with Crippen molar-refractivity contribution in [3.05, 3.63) is 53.0 Å². The first kappa shape index (κ1) is 12.7. The van der Waals surface area contributed by atoms with Gasteiger partial charge >= 0.3 is 5.37 Å². The van der Waals surface area contributed by atoms with E-state index in [2.05, 4.69) is 10.6 Å². The second-order valence-electron chi connectivity index (χ2n) is 4.61. The standard InChI is InChI=1S/C14H12ClN3O2/c1-8-4-5-9-11(7-8)18(14(15)20)12-10(17-13(9)19)3-2-6-16-12/h2-5,7,16H,6H2,1H3,(H,17,19). The molecule has 0 aliphatic carbocycles. The van der Waals surface area contributed by atoms with Gasteiger partial charge in [-0.15, -0.1) is 0 Å². The Labute approximate surface area is 120 Å². The summed E-state index contributed by atoms with van der Waals surface area (Å²) in [5, 5.41) is 5.19. The zero-order valence-electron chi connectivity index (χ0n) is 10.7. The predicted molar refractivity (Wildman–Crippen MR) is 76.5 cm³/mol. The normalized spacial score (nSPS) is 16.9. The molecule has 2 heterocycles. The number of aryl methyl sites for hydroxylation is 1. The van der Waals surface area contributed by atoms with E-state index in [0.29, 0.717) is 29.3 Å². The van der Waals surface area contributed by atoms with Crippen LogP contribution < -0.4 is 15.5 Å². The number of allylic oxidation sites excluding steroid dienone is 1. The molecule has 1 aromatic rings. The van der Waals surface area contributed by atoms with E-state index >= 15 is 0 Å². The lowest BCUT2D eigenvalue weighted by Crippen LogP contribution is -2.37. The lowest BCUT2D eigenvalue weighted by Gasteiger charge is -2.26. The maximum absolute atomic E-state index is 12.3. The van der Waals surface area contributed by atoms with Crippen LogP contribution in [0.5, 0.6) is 0 Å². The zero-order chi connectivity index (χ0) is 14.3. The molecule has 0 aromatic heterocycles. The van der Waals surface area contributed by atoms with Gasteiger partial charge in [-0.05, 0) is 42.3 Å². The first-order chi connectivity index (χ1) is 9.58. The van der Waals surface area contributed by atoms with Crippen molar-refractivity contribution in [1.29, 1.82) is 0 Å². The Morgan fingerprint density at radius 2 is 2.20 bits per heavy atom. The minimum Gasteiger partial charge on any atom is -0.366 e. The van der Waals surface area contributed by atoms with Crippen LogP contribution in [0.2, 0.25) is 0 Å². The van der Waals surface area contributed by atoms with Crippen LogP contribution >= 0.6 is 11.6 Å². The second kappa shape index (κ2) is 4.68. The van der Waals surface area contributed by atoms with Crippen LogP contribution in [0.25, 0.3) is 0 Å². The first-order valence-electron chi connectivity index (χ1n) is 6.14. The highest BCUT2D eigenvalue weighted by Crippen LogP contribution is 2.30. The number of carbonyl (C=O) groups excluding carboxylic acids is 2. The van der Waals surface area contributed by atoms with Gasteiger partial charge in [0.15, 0.2) is 0 Å². The number of hydrogen-bond acceptors (Lipinski definition) is 3. The van der Waals surface area contributed by atoms with Gasteiger partial charge in [0.2, 0.25) is 0 Å². The fourth-order valence-electron chi connectivity index (χ4n) is 2.32. The lowest BCUT2D eigenvalue weighted by atomic mass is 10.1. The Hall–Kier alpha value is -2.27. The number of rotatable bonds is 0. The highest BCUT2D eigenvalue weighted by molar-refractivity contribution is 6.66. The molecule has 0 saturated carbocycles. The van der Waals surface area contributed by atoms with Crippen LogP contribution in [0, 0.1) is 6.92 Å². The van der Waals surface area contributed by atoms with E-state index in [1.807, 2.05) is 19.1 Å². The summed E-state index contributed by atoms with van der Waals surface area (Å²) >= 11 is 5.73. The van der Waals surface area contributed by atoms with Gasteiger partial charge in [-0.2, -0.15) is 0 Å². The van der Waals surface area contributed by atoms with Crippen LogP contribution in [-0.4, -0.2) is 17.8 Å². The number of anilines is 1. The average Bonchev–Trinajstić information content (AvgIpc) is 2.52. The molecule has 3 rings (SSSR count). The van der Waals surface area contributed by atoms with Crippen LogP contribution in [0.15, 0.2) is 41.9 Å². The fraction of sp³-hybridized carbons (Fsp3) is 0.143. The summed E-state index contributed by atoms with van der Waals surface area (Å²) in [6.45, 7) is 2.46. The number of hydrogen-bond donors (Lipinski definition) is 2. The summed E-state index contributed by atoms with van der Waals surface area (Å²) in [5.41, 5.74) is 2.36. The van der Waals surface area contributed by atoms with E-state index in [1.165, 1.54) is 4.90 Å². The highest BCUT2D eigenvalue weighted by atomic mass is 35.5. The molecule has 0 saturated heterocycles. The number of fused-ring (bicyclic) bond motifs is 1. The third kappa shape index (κ3) is 1.96. The summed E-state index contributed by atoms with van der Waals surface area (Å²) in [4.78, 5) is 25.4. The van der Waals surface area contributed by atoms with E-state index in [9.17, 15) is 9.59 Å². The Balaban J connectivity index is 2.26. The van der Waals surface area contributed by atoms with Crippen LogP contribution in [0.3, 0.4) is 0 Å². The molecule has 1 aromatic carbocycles. The zero-order valence-corrected chi connectivity index (χ0v) is 11.5. The number of carbonyl (C=O) groups is 2. The molecule has 0 radical (unpaired) electrons. The molecule has 20 heavy (non-hydrogen) atoms. The van der Waals surface area contributed by atoms with Gasteiger partial charge in [0.25, 0.3) is 5.91 Å². The molecule has 2 aliphatic rings. The SMILES string of the molecule is Cc1ccc2c(c1)N(C(=O)Cl)C1=C(C=CCN1)NC2=O. The van der Waals surface area contributed by atoms with Crippen molar-refractivity contribution in [2.24, 2.45) is 0 Å². The summed E-state index contributed by atoms with van der Waals surface area (Å²) in [6, 6.07) is 5.28. The maximum Gasteiger partial charge on any atom is 0.326 e. The van der Waals surface area contributed by atoms with Crippen molar-refractivity contribution >= 4 is 28.6 Å². The molecule has 0 fully saturated rings. The largest absolute Gasteiger partial charge is 0.366 e. The van der Waals surface area contributed by atoms with Crippen molar-refractivity contribution in [3.63, 3.8) is 0 Å². The quantitative estimate of drug-likeness (QED) is 0.569. The van der Waals surface area contributed by atoms with E-state index in [4.69, 9.17) is 11.6 Å². The van der Waals surface area contributed by atoms with Crippen LogP contribution in [0.4, 0.5) is 10.5 Å². The summed E-state index contributed by atoms with van der Waals surface area (Å²) in [5.74, 6) is 0.228. The number of nitrogens with one attached hydrogen (secondary N) is 2. The Morgan fingerprint density at radius 1 is 1.40 bits per heavy atom. The fourth-order valence-corrected chi connectivity index (χ4v) is 2.49. The van der Waals surface area contributed by atoms with Gasteiger partial charge < -0.3 is 10.6 Å². The number of nitrogens with zero attached hydrogens (tertiary/aromatic N) is 1. The molecule has 2 N–H and O–H groups in total. The average molecular weight is 290 g/mol. The first-order valence-corrected chi connectivity index (χ1v) is 6.52. The monoisotopic (exact) mass is 289 g/mol. The molecule has 102 valence electrons. The summed E-state index contributed by atoms with van der Waals surface area (Å²) in [7, 11) is 0. The van der Waals surface area contributed by atoms with Crippen molar-refractivity contribution in [2.45, 2.75) is 6.92 Å². The van der Waals surface area contributed by atoms with Crippen LogP contribution in [-0.2, 0) is 0 Å². The third-order valence-corrected chi connectivity index (χ3v) is 3.38. The van der Waals surface area contributed by atoms with Crippen molar-refractivity contribution < 1.29 is 9.59 Å². The number of amides is 2. The molecule has 2 amide bonds. The molecule has 0 unspecified atom stereocenters. The molecular formula is C14H12ClN3O2.